The molecule has 0 radical (unpaired) electrons. The van der Waals surface area contributed by atoms with Crippen LogP contribution in [0.5, 0.6) is 0 Å². The number of thiazole rings is 1. The summed E-state index contributed by atoms with van der Waals surface area (Å²) in [5.74, 6) is 0.210. The third-order valence-electron chi connectivity index (χ3n) is 1.69. The average molecular weight is 212 g/mol. The van der Waals surface area contributed by atoms with E-state index in [2.05, 4.69) is 10.3 Å². The van der Waals surface area contributed by atoms with Crippen LogP contribution in [0, 0.1) is 5.92 Å². The van der Waals surface area contributed by atoms with E-state index in [0.717, 1.165) is 10.0 Å². The lowest BCUT2D eigenvalue weighted by Gasteiger charge is -2.04. The van der Waals surface area contributed by atoms with Crippen LogP contribution in [0.4, 0.5) is 5.13 Å². The van der Waals surface area contributed by atoms with Gasteiger partial charge in [-0.3, -0.25) is 4.79 Å². The van der Waals surface area contributed by atoms with E-state index >= 15 is 0 Å². The van der Waals surface area contributed by atoms with E-state index in [-0.39, 0.29) is 11.7 Å². The van der Waals surface area contributed by atoms with Gasteiger partial charge in [0.2, 0.25) is 0 Å². The summed E-state index contributed by atoms with van der Waals surface area (Å²) in [6, 6.07) is 0.350. The van der Waals surface area contributed by atoms with Crippen LogP contribution in [-0.2, 0) is 0 Å². The molecule has 78 valence electrons. The predicted molar refractivity (Wildman–Crippen MR) is 60.0 cm³/mol. The highest BCUT2D eigenvalue weighted by Crippen LogP contribution is 2.21. The van der Waals surface area contributed by atoms with Crippen molar-refractivity contribution in [3.05, 3.63) is 11.1 Å². The molecule has 1 aromatic heterocycles. The zero-order chi connectivity index (χ0) is 10.7. The highest BCUT2D eigenvalue weighted by Gasteiger charge is 2.13. The molecule has 0 saturated heterocycles. The number of carbonyl (C=O) groups excluding carboxylic acids is 1. The molecule has 0 spiro atoms. The van der Waals surface area contributed by atoms with Gasteiger partial charge in [0.05, 0.1) is 11.1 Å². The lowest BCUT2D eigenvalue weighted by Crippen LogP contribution is -2.08. The second kappa shape index (κ2) is 4.55. The Morgan fingerprint density at radius 1 is 1.43 bits per heavy atom. The Hall–Kier alpha value is -0.900. The Morgan fingerprint density at radius 3 is 2.57 bits per heavy atom. The summed E-state index contributed by atoms with van der Waals surface area (Å²) in [4.78, 5) is 16.5. The fourth-order valence-electron chi connectivity index (χ4n) is 0.986. The Morgan fingerprint density at radius 2 is 2.07 bits per heavy atom. The molecule has 4 heteroatoms. The molecule has 0 aliphatic heterocycles. The number of aromatic nitrogens is 1. The molecule has 0 aromatic carbocycles. The Kier molecular flexibility index (Phi) is 3.63. The van der Waals surface area contributed by atoms with Crippen molar-refractivity contribution in [1.29, 1.82) is 0 Å². The molecule has 0 fully saturated rings. The van der Waals surface area contributed by atoms with Gasteiger partial charge in [0, 0.05) is 12.0 Å². The second-order valence-electron chi connectivity index (χ2n) is 3.85. The molecule has 1 rings (SSSR count). The number of rotatable bonds is 4. The maximum Gasteiger partial charge on any atom is 0.183 e. The number of carbonyl (C=O) groups is 1. The van der Waals surface area contributed by atoms with E-state index in [9.17, 15) is 4.79 Å². The standard InChI is InChI=1S/C10H16N2OS/c1-6(2)9(13)8-5-11-10(14-8)12-7(3)4/h5-7H,1-4H3,(H,11,12). The quantitative estimate of drug-likeness (QED) is 0.780. The third-order valence-corrected chi connectivity index (χ3v) is 2.63. The molecular formula is C10H16N2OS. The number of Topliss-reactive ketones (excluding diaryl/α,β-unsaturated/α-hetero) is 1. The van der Waals surface area contributed by atoms with Crippen LogP contribution >= 0.6 is 11.3 Å². The van der Waals surface area contributed by atoms with Crippen molar-refractivity contribution < 1.29 is 4.79 Å². The molecule has 0 bridgehead atoms. The van der Waals surface area contributed by atoms with Crippen molar-refractivity contribution in [3.8, 4) is 0 Å². The minimum atomic E-state index is 0.0438. The maximum absolute atomic E-state index is 11.6. The van der Waals surface area contributed by atoms with Crippen molar-refractivity contribution in [1.82, 2.24) is 4.98 Å². The Labute approximate surface area is 88.6 Å². The van der Waals surface area contributed by atoms with Gasteiger partial charge in [-0.05, 0) is 13.8 Å². The van der Waals surface area contributed by atoms with Gasteiger partial charge >= 0.3 is 0 Å². The summed E-state index contributed by atoms with van der Waals surface area (Å²) >= 11 is 1.43. The number of ketones is 1. The van der Waals surface area contributed by atoms with Crippen LogP contribution < -0.4 is 5.32 Å². The van der Waals surface area contributed by atoms with E-state index in [0.29, 0.717) is 6.04 Å². The zero-order valence-electron chi connectivity index (χ0n) is 9.00. The maximum atomic E-state index is 11.6. The van der Waals surface area contributed by atoms with Crippen molar-refractivity contribution >= 4 is 22.3 Å². The van der Waals surface area contributed by atoms with Gasteiger partial charge in [0.25, 0.3) is 0 Å². The van der Waals surface area contributed by atoms with Gasteiger partial charge in [-0.1, -0.05) is 25.2 Å². The second-order valence-corrected chi connectivity index (χ2v) is 4.88. The summed E-state index contributed by atoms with van der Waals surface area (Å²) in [6.45, 7) is 7.89. The van der Waals surface area contributed by atoms with Crippen LogP contribution in [0.3, 0.4) is 0 Å². The fraction of sp³-hybridized carbons (Fsp3) is 0.600. The monoisotopic (exact) mass is 212 g/mol. The Bertz CT molecular complexity index is 318. The van der Waals surface area contributed by atoms with E-state index in [1.807, 2.05) is 27.7 Å². The van der Waals surface area contributed by atoms with Crippen molar-refractivity contribution in [2.24, 2.45) is 5.92 Å². The van der Waals surface area contributed by atoms with Gasteiger partial charge in [-0.15, -0.1) is 0 Å². The molecule has 0 unspecified atom stereocenters. The first kappa shape index (κ1) is 11.2. The molecule has 1 heterocycles. The van der Waals surface area contributed by atoms with E-state index in [1.54, 1.807) is 6.20 Å². The summed E-state index contributed by atoms with van der Waals surface area (Å²) in [7, 11) is 0. The summed E-state index contributed by atoms with van der Waals surface area (Å²) in [6.07, 6.45) is 1.65. The third kappa shape index (κ3) is 2.80. The highest BCUT2D eigenvalue weighted by molar-refractivity contribution is 7.17. The molecule has 0 amide bonds. The largest absolute Gasteiger partial charge is 0.359 e. The number of nitrogens with zero attached hydrogens (tertiary/aromatic N) is 1. The number of hydrogen-bond donors (Lipinski definition) is 1. The molecule has 0 saturated carbocycles. The SMILES string of the molecule is CC(C)Nc1ncc(C(=O)C(C)C)s1. The van der Waals surface area contributed by atoms with Crippen molar-refractivity contribution in [2.45, 2.75) is 33.7 Å². The number of anilines is 1. The molecule has 0 atom stereocenters. The van der Waals surface area contributed by atoms with Gasteiger partial charge in [-0.25, -0.2) is 4.98 Å². The topological polar surface area (TPSA) is 42.0 Å². The van der Waals surface area contributed by atoms with E-state index in [1.165, 1.54) is 11.3 Å². The van der Waals surface area contributed by atoms with E-state index in [4.69, 9.17) is 0 Å². The molecule has 0 aliphatic carbocycles. The van der Waals surface area contributed by atoms with Crippen molar-refractivity contribution in [2.75, 3.05) is 5.32 Å². The zero-order valence-corrected chi connectivity index (χ0v) is 9.81. The first-order chi connectivity index (χ1) is 6.50. The molecule has 3 nitrogen and oxygen atoms in total. The van der Waals surface area contributed by atoms with Gasteiger partial charge in [0.15, 0.2) is 10.9 Å². The van der Waals surface area contributed by atoms with Crippen LogP contribution in [0.15, 0.2) is 6.20 Å². The summed E-state index contributed by atoms with van der Waals surface area (Å²) in [5, 5.41) is 4.00. The molecule has 0 aliphatic rings. The molecule has 1 aromatic rings. The van der Waals surface area contributed by atoms with E-state index < -0.39 is 0 Å². The van der Waals surface area contributed by atoms with Gasteiger partial charge in [-0.2, -0.15) is 0 Å². The normalized spacial score (nSPS) is 11.0. The van der Waals surface area contributed by atoms with Crippen molar-refractivity contribution in [3.63, 3.8) is 0 Å². The number of nitrogens with one attached hydrogen (secondary N) is 1. The first-order valence-corrected chi connectivity index (χ1v) is 5.59. The average Bonchev–Trinajstić information content (AvgIpc) is 2.50. The van der Waals surface area contributed by atoms with Crippen LogP contribution in [-0.4, -0.2) is 16.8 Å². The number of hydrogen-bond acceptors (Lipinski definition) is 4. The van der Waals surface area contributed by atoms with Crippen LogP contribution in [0.25, 0.3) is 0 Å². The summed E-state index contributed by atoms with van der Waals surface area (Å²) < 4.78 is 0. The first-order valence-electron chi connectivity index (χ1n) is 4.77. The molecule has 1 N–H and O–H groups in total. The molecule has 14 heavy (non-hydrogen) atoms. The smallest absolute Gasteiger partial charge is 0.183 e. The minimum Gasteiger partial charge on any atom is -0.359 e. The summed E-state index contributed by atoms with van der Waals surface area (Å²) in [5.41, 5.74) is 0. The lowest BCUT2D eigenvalue weighted by molar-refractivity contribution is 0.0943. The van der Waals surface area contributed by atoms with Crippen LogP contribution in [0.1, 0.15) is 37.4 Å². The van der Waals surface area contributed by atoms with Gasteiger partial charge in [0.1, 0.15) is 0 Å². The fourth-order valence-corrected chi connectivity index (χ4v) is 2.04. The lowest BCUT2D eigenvalue weighted by atomic mass is 10.1. The molecular weight excluding hydrogens is 196 g/mol. The minimum absolute atomic E-state index is 0.0438. The Balaban J connectivity index is 2.73. The van der Waals surface area contributed by atoms with Gasteiger partial charge < -0.3 is 5.32 Å². The highest BCUT2D eigenvalue weighted by atomic mass is 32.1. The van der Waals surface area contributed by atoms with Crippen LogP contribution in [0.2, 0.25) is 0 Å². The predicted octanol–water partition coefficient (Wildman–Crippen LogP) is 2.80.